The third-order valence-corrected chi connectivity index (χ3v) is 4.15. The second-order valence-corrected chi connectivity index (χ2v) is 6.36. The number of aryl methyl sites for hydroxylation is 1. The Bertz CT molecular complexity index is 1170. The Kier molecular flexibility index (Phi) is 4.98. The van der Waals surface area contributed by atoms with Gasteiger partial charge in [0, 0.05) is 11.3 Å². The van der Waals surface area contributed by atoms with E-state index in [9.17, 15) is 17.6 Å². The summed E-state index contributed by atoms with van der Waals surface area (Å²) in [6.07, 6.45) is -4.99. The highest BCUT2D eigenvalue weighted by molar-refractivity contribution is 5.59. The zero-order valence-corrected chi connectivity index (χ0v) is 15.4. The second-order valence-electron chi connectivity index (χ2n) is 6.36. The summed E-state index contributed by atoms with van der Waals surface area (Å²) in [6, 6.07) is 15.1. The molecule has 30 heavy (non-hydrogen) atoms. The number of benzene rings is 2. The third kappa shape index (κ3) is 4.32. The summed E-state index contributed by atoms with van der Waals surface area (Å²) in [5.74, 6) is -2.03. The van der Waals surface area contributed by atoms with E-state index >= 15 is 0 Å². The summed E-state index contributed by atoms with van der Waals surface area (Å²) < 4.78 is 61.3. The van der Waals surface area contributed by atoms with E-state index < -0.39 is 17.9 Å². The van der Waals surface area contributed by atoms with Gasteiger partial charge in [0.15, 0.2) is 17.3 Å². The van der Waals surface area contributed by atoms with Crippen molar-refractivity contribution in [3.8, 4) is 28.7 Å². The van der Waals surface area contributed by atoms with Crippen LogP contribution in [0.4, 0.5) is 17.6 Å². The van der Waals surface area contributed by atoms with Crippen molar-refractivity contribution in [1.29, 1.82) is 0 Å². The smallest absolute Gasteiger partial charge is 0.403 e. The normalized spacial score (nSPS) is 11.6. The van der Waals surface area contributed by atoms with E-state index in [4.69, 9.17) is 4.52 Å². The molecule has 2 heterocycles. The SMILES string of the molecule is Cc1cc(-c2nc(-c3ccc(OC(F)(F)F)c(F)c3)no2)nn1Cc1c[c]ccc1. The summed E-state index contributed by atoms with van der Waals surface area (Å²) in [5.41, 5.74) is 2.42. The number of rotatable bonds is 5. The predicted octanol–water partition coefficient (Wildman–Crippen LogP) is 4.79. The lowest BCUT2D eigenvalue weighted by Crippen LogP contribution is -2.17. The minimum atomic E-state index is -4.99. The Hall–Kier alpha value is -3.69. The average Bonchev–Trinajstić information content (AvgIpc) is 3.31. The maximum atomic E-state index is 13.9. The highest BCUT2D eigenvalue weighted by Gasteiger charge is 2.32. The molecule has 153 valence electrons. The van der Waals surface area contributed by atoms with Gasteiger partial charge in [0.1, 0.15) is 0 Å². The molecule has 0 amide bonds. The largest absolute Gasteiger partial charge is 0.573 e. The van der Waals surface area contributed by atoms with Crippen LogP contribution in [0.15, 0.2) is 53.1 Å². The fourth-order valence-corrected chi connectivity index (χ4v) is 2.77. The highest BCUT2D eigenvalue weighted by Crippen LogP contribution is 2.29. The van der Waals surface area contributed by atoms with Crippen LogP contribution in [-0.2, 0) is 6.54 Å². The van der Waals surface area contributed by atoms with Gasteiger partial charge >= 0.3 is 6.36 Å². The minimum absolute atomic E-state index is 0.00678. The lowest BCUT2D eigenvalue weighted by atomic mass is 10.2. The number of alkyl halides is 3. The lowest BCUT2D eigenvalue weighted by Gasteiger charge is -2.09. The summed E-state index contributed by atoms with van der Waals surface area (Å²) in [5, 5.41) is 8.20. The number of ether oxygens (including phenoxy) is 1. The van der Waals surface area contributed by atoms with Gasteiger partial charge in [-0.3, -0.25) is 4.68 Å². The Morgan fingerprint density at radius 3 is 2.73 bits per heavy atom. The van der Waals surface area contributed by atoms with Gasteiger partial charge in [-0.25, -0.2) is 4.39 Å². The molecule has 0 saturated heterocycles. The monoisotopic (exact) mass is 417 g/mol. The highest BCUT2D eigenvalue weighted by atomic mass is 19.4. The molecule has 0 saturated carbocycles. The van der Waals surface area contributed by atoms with Gasteiger partial charge in [0.2, 0.25) is 5.82 Å². The minimum Gasteiger partial charge on any atom is -0.403 e. The predicted molar refractivity (Wildman–Crippen MR) is 96.7 cm³/mol. The standard InChI is InChI=1S/C20H13F4N4O2/c1-12-9-16(26-28(12)11-13-5-3-2-4-6-13)19-25-18(27-30-19)14-7-8-17(15(21)10-14)29-20(22,23)24/h2-3,5-10H,11H2,1H3. The molecular weight excluding hydrogens is 404 g/mol. The first-order valence-corrected chi connectivity index (χ1v) is 8.68. The Balaban J connectivity index is 1.56. The molecule has 10 heteroatoms. The van der Waals surface area contributed by atoms with Crippen molar-refractivity contribution in [3.05, 3.63) is 71.7 Å². The zero-order chi connectivity index (χ0) is 21.3. The Morgan fingerprint density at radius 2 is 2.03 bits per heavy atom. The van der Waals surface area contributed by atoms with E-state index in [1.807, 2.05) is 25.1 Å². The molecule has 2 aromatic heterocycles. The van der Waals surface area contributed by atoms with Crippen LogP contribution in [0.25, 0.3) is 23.0 Å². The van der Waals surface area contributed by atoms with Gasteiger partial charge in [-0.1, -0.05) is 23.4 Å². The molecular formula is C20H13F4N4O2. The van der Waals surface area contributed by atoms with Gasteiger partial charge in [0.25, 0.3) is 5.89 Å². The molecule has 2 aromatic carbocycles. The molecule has 0 bridgehead atoms. The first-order chi connectivity index (χ1) is 14.3. The number of nitrogens with zero attached hydrogens (tertiary/aromatic N) is 4. The summed E-state index contributed by atoms with van der Waals surface area (Å²) >= 11 is 0. The van der Waals surface area contributed by atoms with Gasteiger partial charge in [-0.2, -0.15) is 10.1 Å². The molecule has 1 radical (unpaired) electrons. The Labute approximate surface area is 167 Å². The van der Waals surface area contributed by atoms with Crippen LogP contribution in [0.1, 0.15) is 11.3 Å². The van der Waals surface area contributed by atoms with Crippen LogP contribution < -0.4 is 4.74 Å². The molecule has 0 aliphatic heterocycles. The number of hydrogen-bond donors (Lipinski definition) is 0. The quantitative estimate of drug-likeness (QED) is 0.437. The van der Waals surface area contributed by atoms with E-state index in [-0.39, 0.29) is 17.3 Å². The van der Waals surface area contributed by atoms with E-state index in [1.54, 1.807) is 16.8 Å². The van der Waals surface area contributed by atoms with Crippen molar-refractivity contribution in [1.82, 2.24) is 19.9 Å². The van der Waals surface area contributed by atoms with Gasteiger partial charge in [0.05, 0.1) is 6.54 Å². The first-order valence-electron chi connectivity index (χ1n) is 8.68. The molecule has 0 N–H and O–H groups in total. The topological polar surface area (TPSA) is 66.0 Å². The van der Waals surface area contributed by atoms with Crippen molar-refractivity contribution in [3.63, 3.8) is 0 Å². The summed E-state index contributed by atoms with van der Waals surface area (Å²) in [7, 11) is 0. The molecule has 4 aromatic rings. The number of halogens is 4. The summed E-state index contributed by atoms with van der Waals surface area (Å²) in [4.78, 5) is 4.17. The van der Waals surface area contributed by atoms with Crippen LogP contribution >= 0.6 is 0 Å². The van der Waals surface area contributed by atoms with Crippen molar-refractivity contribution in [2.24, 2.45) is 0 Å². The fraction of sp³-hybridized carbons (Fsp3) is 0.150. The van der Waals surface area contributed by atoms with Crippen molar-refractivity contribution >= 4 is 0 Å². The molecule has 4 rings (SSSR count). The maximum Gasteiger partial charge on any atom is 0.573 e. The van der Waals surface area contributed by atoms with Crippen LogP contribution in [0.3, 0.4) is 0 Å². The third-order valence-electron chi connectivity index (χ3n) is 4.15. The zero-order valence-electron chi connectivity index (χ0n) is 15.4. The molecule has 0 aliphatic rings. The number of hydrogen-bond acceptors (Lipinski definition) is 5. The van der Waals surface area contributed by atoms with E-state index in [2.05, 4.69) is 26.0 Å². The van der Waals surface area contributed by atoms with Crippen LogP contribution in [0.5, 0.6) is 5.75 Å². The van der Waals surface area contributed by atoms with Crippen molar-refractivity contribution in [2.75, 3.05) is 0 Å². The average molecular weight is 417 g/mol. The Morgan fingerprint density at radius 1 is 1.20 bits per heavy atom. The van der Waals surface area contributed by atoms with Gasteiger partial charge in [-0.05, 0) is 48.9 Å². The van der Waals surface area contributed by atoms with Crippen LogP contribution in [0.2, 0.25) is 0 Å². The molecule has 0 spiro atoms. The van der Waals surface area contributed by atoms with Crippen LogP contribution in [0, 0.1) is 18.8 Å². The van der Waals surface area contributed by atoms with E-state index in [0.29, 0.717) is 12.2 Å². The van der Waals surface area contributed by atoms with Gasteiger partial charge in [-0.15, -0.1) is 13.2 Å². The van der Waals surface area contributed by atoms with E-state index in [1.165, 1.54) is 6.07 Å². The molecule has 6 nitrogen and oxygen atoms in total. The summed E-state index contributed by atoms with van der Waals surface area (Å²) in [6.45, 7) is 2.39. The second kappa shape index (κ2) is 7.62. The number of aromatic nitrogens is 4. The fourth-order valence-electron chi connectivity index (χ4n) is 2.77. The maximum absolute atomic E-state index is 13.9. The van der Waals surface area contributed by atoms with Gasteiger partial charge < -0.3 is 9.26 Å². The van der Waals surface area contributed by atoms with Crippen molar-refractivity contribution in [2.45, 2.75) is 19.8 Å². The van der Waals surface area contributed by atoms with E-state index in [0.717, 1.165) is 23.4 Å². The lowest BCUT2D eigenvalue weighted by molar-refractivity contribution is -0.275. The molecule has 0 aliphatic carbocycles. The van der Waals surface area contributed by atoms with Crippen molar-refractivity contribution < 1.29 is 26.8 Å². The molecule has 0 unspecified atom stereocenters. The molecule has 0 atom stereocenters. The molecule has 0 fully saturated rings. The first kappa shape index (κ1) is 19.6. The van der Waals surface area contributed by atoms with Crippen LogP contribution in [-0.4, -0.2) is 26.3 Å².